The van der Waals surface area contributed by atoms with E-state index in [1.807, 2.05) is 20.0 Å². The highest BCUT2D eigenvalue weighted by atomic mass is 35.5. The topological polar surface area (TPSA) is 34.0 Å². The maximum absolute atomic E-state index is 6.29. The van der Waals surface area contributed by atoms with E-state index in [1.54, 1.807) is 0 Å². The number of fused-ring (bicyclic) bond motifs is 1. The van der Waals surface area contributed by atoms with Crippen molar-refractivity contribution in [1.82, 2.24) is 19.4 Å². The molecule has 0 aliphatic rings. The van der Waals surface area contributed by atoms with Crippen molar-refractivity contribution in [3.63, 3.8) is 0 Å². The third kappa shape index (κ3) is 3.74. The highest BCUT2D eigenvalue weighted by Gasteiger charge is 2.15. The summed E-state index contributed by atoms with van der Waals surface area (Å²) in [5, 5.41) is -0.104. The zero-order chi connectivity index (χ0) is 15.4. The Hall–Kier alpha value is -1.13. The van der Waals surface area contributed by atoms with E-state index in [0.29, 0.717) is 0 Å². The van der Waals surface area contributed by atoms with Crippen molar-refractivity contribution < 1.29 is 0 Å². The number of rotatable bonds is 7. The van der Waals surface area contributed by atoms with Gasteiger partial charge in [-0.1, -0.05) is 13.8 Å². The van der Waals surface area contributed by atoms with Crippen molar-refractivity contribution in [2.24, 2.45) is 0 Å². The minimum Gasteiger partial charge on any atom is -0.311 e. The summed E-state index contributed by atoms with van der Waals surface area (Å²) in [6, 6.07) is 2.08. The average Bonchev–Trinajstić information content (AvgIpc) is 2.81. The first-order valence-electron chi connectivity index (χ1n) is 7.76. The van der Waals surface area contributed by atoms with Crippen LogP contribution < -0.4 is 0 Å². The van der Waals surface area contributed by atoms with Gasteiger partial charge in [-0.05, 0) is 51.5 Å². The van der Waals surface area contributed by atoms with Gasteiger partial charge < -0.3 is 9.47 Å². The summed E-state index contributed by atoms with van der Waals surface area (Å²) in [4.78, 5) is 11.6. The third-order valence-electron chi connectivity index (χ3n) is 3.86. The molecule has 0 saturated heterocycles. The molecule has 5 heteroatoms. The largest absolute Gasteiger partial charge is 0.311 e. The molecule has 0 bridgehead atoms. The molecular weight excluding hydrogens is 284 g/mol. The Bertz CT molecular complexity index is 587. The number of aryl methyl sites for hydroxylation is 2. The van der Waals surface area contributed by atoms with Gasteiger partial charge in [0.25, 0.3) is 0 Å². The zero-order valence-electron chi connectivity index (χ0n) is 13.4. The summed E-state index contributed by atoms with van der Waals surface area (Å²) in [6.45, 7) is 12.6. The molecule has 2 aromatic rings. The third-order valence-corrected chi connectivity index (χ3v) is 4.05. The first-order valence-corrected chi connectivity index (χ1v) is 8.19. The maximum atomic E-state index is 6.29. The van der Waals surface area contributed by atoms with E-state index in [1.165, 1.54) is 0 Å². The van der Waals surface area contributed by atoms with Crippen LogP contribution in [0.2, 0.25) is 0 Å². The Morgan fingerprint density at radius 2 is 2.05 bits per heavy atom. The predicted octanol–water partition coefficient (Wildman–Crippen LogP) is 3.77. The number of halogens is 1. The molecule has 0 aliphatic carbocycles. The van der Waals surface area contributed by atoms with Gasteiger partial charge in [0.05, 0.1) is 5.38 Å². The standard InChI is InChI=1S/C16H25ClN4/c1-5-20(6-2)8-7-9-21-15(13(4)17)19-14-10-12(3)11-18-16(14)21/h10-11,13H,5-9H2,1-4H3. The van der Waals surface area contributed by atoms with Crippen LogP contribution in [0, 0.1) is 6.92 Å². The highest BCUT2D eigenvalue weighted by Crippen LogP contribution is 2.24. The van der Waals surface area contributed by atoms with Crippen LogP contribution >= 0.6 is 11.6 Å². The molecule has 4 nitrogen and oxygen atoms in total. The maximum Gasteiger partial charge on any atom is 0.160 e. The summed E-state index contributed by atoms with van der Waals surface area (Å²) in [7, 11) is 0. The number of aromatic nitrogens is 3. The van der Waals surface area contributed by atoms with Gasteiger partial charge in [0.15, 0.2) is 5.65 Å². The van der Waals surface area contributed by atoms with Crippen LogP contribution in [0.1, 0.15) is 44.0 Å². The lowest BCUT2D eigenvalue weighted by Crippen LogP contribution is -2.25. The lowest BCUT2D eigenvalue weighted by Gasteiger charge is -2.18. The molecule has 0 aliphatic heterocycles. The fourth-order valence-electron chi connectivity index (χ4n) is 2.65. The molecule has 0 fully saturated rings. The van der Waals surface area contributed by atoms with Crippen LogP contribution in [-0.2, 0) is 6.54 Å². The van der Waals surface area contributed by atoms with Crippen molar-refractivity contribution in [2.75, 3.05) is 19.6 Å². The summed E-state index contributed by atoms with van der Waals surface area (Å²) < 4.78 is 2.18. The molecule has 2 aromatic heterocycles. The Morgan fingerprint density at radius 1 is 1.33 bits per heavy atom. The molecule has 0 amide bonds. The number of nitrogens with zero attached hydrogens (tertiary/aromatic N) is 4. The van der Waals surface area contributed by atoms with Crippen LogP contribution in [0.5, 0.6) is 0 Å². The predicted molar refractivity (Wildman–Crippen MR) is 88.9 cm³/mol. The van der Waals surface area contributed by atoms with Gasteiger partial charge in [0.2, 0.25) is 0 Å². The van der Waals surface area contributed by atoms with Gasteiger partial charge in [-0.2, -0.15) is 0 Å². The number of alkyl halides is 1. The summed E-state index contributed by atoms with van der Waals surface area (Å²) in [5.74, 6) is 0.921. The summed E-state index contributed by atoms with van der Waals surface area (Å²) >= 11 is 6.29. The number of hydrogen-bond acceptors (Lipinski definition) is 3. The quantitative estimate of drug-likeness (QED) is 0.730. The van der Waals surface area contributed by atoms with E-state index in [9.17, 15) is 0 Å². The molecule has 21 heavy (non-hydrogen) atoms. The SMILES string of the molecule is CCN(CC)CCCn1c(C(C)Cl)nc2cc(C)cnc21. The fraction of sp³-hybridized carbons (Fsp3) is 0.625. The second-order valence-corrected chi connectivity index (χ2v) is 6.13. The molecule has 0 N–H and O–H groups in total. The molecule has 0 saturated carbocycles. The van der Waals surface area contributed by atoms with E-state index in [4.69, 9.17) is 11.6 Å². The minimum absolute atomic E-state index is 0.104. The van der Waals surface area contributed by atoms with E-state index in [0.717, 1.165) is 55.2 Å². The van der Waals surface area contributed by atoms with Crippen molar-refractivity contribution in [3.8, 4) is 0 Å². The summed E-state index contributed by atoms with van der Waals surface area (Å²) in [5.41, 5.74) is 3.02. The second kappa shape index (κ2) is 7.23. The van der Waals surface area contributed by atoms with Crippen LogP contribution in [0.3, 0.4) is 0 Å². The van der Waals surface area contributed by atoms with Crippen LogP contribution in [-0.4, -0.2) is 39.1 Å². The fourth-order valence-corrected chi connectivity index (χ4v) is 2.81. The Labute approximate surface area is 132 Å². The molecule has 1 unspecified atom stereocenters. The molecular formula is C16H25ClN4. The number of hydrogen-bond donors (Lipinski definition) is 0. The van der Waals surface area contributed by atoms with Crippen molar-refractivity contribution in [2.45, 2.75) is 46.0 Å². The van der Waals surface area contributed by atoms with Crippen LogP contribution in [0.25, 0.3) is 11.2 Å². The van der Waals surface area contributed by atoms with Crippen molar-refractivity contribution in [1.29, 1.82) is 0 Å². The van der Waals surface area contributed by atoms with E-state index in [2.05, 4.69) is 39.3 Å². The normalized spacial score (nSPS) is 13.2. The smallest absolute Gasteiger partial charge is 0.160 e. The minimum atomic E-state index is -0.104. The van der Waals surface area contributed by atoms with E-state index in [-0.39, 0.29) is 5.38 Å². The Balaban J connectivity index is 2.22. The van der Waals surface area contributed by atoms with E-state index >= 15 is 0 Å². The van der Waals surface area contributed by atoms with Gasteiger partial charge in [-0.25, -0.2) is 9.97 Å². The van der Waals surface area contributed by atoms with Gasteiger partial charge in [0.1, 0.15) is 11.3 Å². The molecule has 0 aromatic carbocycles. The number of imidazole rings is 1. The van der Waals surface area contributed by atoms with Crippen LogP contribution in [0.4, 0.5) is 0 Å². The lowest BCUT2D eigenvalue weighted by molar-refractivity contribution is 0.293. The van der Waals surface area contributed by atoms with Gasteiger partial charge >= 0.3 is 0 Å². The second-order valence-electron chi connectivity index (χ2n) is 5.47. The first-order chi connectivity index (χ1) is 10.1. The van der Waals surface area contributed by atoms with E-state index < -0.39 is 0 Å². The molecule has 2 heterocycles. The Kier molecular flexibility index (Phi) is 5.59. The average molecular weight is 309 g/mol. The monoisotopic (exact) mass is 308 g/mol. The van der Waals surface area contributed by atoms with Gasteiger partial charge in [-0.3, -0.25) is 0 Å². The van der Waals surface area contributed by atoms with Crippen molar-refractivity contribution >= 4 is 22.8 Å². The number of pyridine rings is 1. The summed E-state index contributed by atoms with van der Waals surface area (Å²) in [6.07, 6.45) is 2.98. The van der Waals surface area contributed by atoms with Gasteiger partial charge in [-0.15, -0.1) is 11.6 Å². The van der Waals surface area contributed by atoms with Gasteiger partial charge in [0, 0.05) is 12.7 Å². The zero-order valence-corrected chi connectivity index (χ0v) is 14.2. The van der Waals surface area contributed by atoms with Crippen LogP contribution in [0.15, 0.2) is 12.3 Å². The molecule has 116 valence electrons. The highest BCUT2D eigenvalue weighted by molar-refractivity contribution is 6.20. The molecule has 0 radical (unpaired) electrons. The van der Waals surface area contributed by atoms with Crippen molar-refractivity contribution in [3.05, 3.63) is 23.7 Å². The molecule has 2 rings (SSSR count). The first kappa shape index (κ1) is 16.2. The molecule has 0 spiro atoms. The lowest BCUT2D eigenvalue weighted by atomic mass is 10.3. The molecule has 1 atom stereocenters. The Morgan fingerprint density at radius 3 is 2.67 bits per heavy atom.